The largest absolute Gasteiger partial charge is 0.347 e. The molecule has 1 aliphatic rings. The monoisotopic (exact) mass is 378 g/mol. The Morgan fingerprint density at radius 2 is 1.88 bits per heavy atom. The van der Waals surface area contributed by atoms with Crippen LogP contribution in [0, 0.1) is 19.8 Å². The van der Waals surface area contributed by atoms with Crippen LogP contribution >= 0.6 is 0 Å². The second kappa shape index (κ2) is 7.55. The van der Waals surface area contributed by atoms with Crippen LogP contribution in [0.5, 0.6) is 0 Å². The maximum Gasteiger partial charge on any atom is 0.246 e. The molecule has 0 radical (unpaired) electrons. The van der Waals surface area contributed by atoms with Crippen molar-refractivity contribution in [2.45, 2.75) is 38.1 Å². The second-order valence-electron chi connectivity index (χ2n) is 6.44. The van der Waals surface area contributed by atoms with Gasteiger partial charge in [-0.15, -0.1) is 0 Å². The molecule has 8 nitrogen and oxygen atoms in total. The molecular formula is C17H22N4O4S. The standard InChI is InChI=1S/C17H22N4O4S/c1-12-3-5-15(6-4-12)26(23,24)21-9-7-14(8-10-21)17(22)18-11-16-19-13(2)20-25-16/h3-6,14H,7-11H2,1-2H3,(H,18,22). The van der Waals surface area contributed by atoms with Crippen LogP contribution in [-0.4, -0.2) is 41.9 Å². The lowest BCUT2D eigenvalue weighted by atomic mass is 9.97. The van der Waals surface area contributed by atoms with Gasteiger partial charge in [-0.05, 0) is 38.8 Å². The number of carbonyl (C=O) groups is 1. The van der Waals surface area contributed by atoms with E-state index in [0.29, 0.717) is 37.6 Å². The van der Waals surface area contributed by atoms with Crippen LogP contribution in [0.2, 0.25) is 0 Å². The van der Waals surface area contributed by atoms with Gasteiger partial charge in [0.1, 0.15) is 0 Å². The number of hydrogen-bond donors (Lipinski definition) is 1. The number of piperidine rings is 1. The van der Waals surface area contributed by atoms with Gasteiger partial charge in [-0.25, -0.2) is 8.42 Å². The van der Waals surface area contributed by atoms with Crippen molar-refractivity contribution in [2.24, 2.45) is 5.92 Å². The smallest absolute Gasteiger partial charge is 0.246 e. The average Bonchev–Trinajstić information content (AvgIpc) is 3.05. The van der Waals surface area contributed by atoms with Crippen LogP contribution in [0.3, 0.4) is 0 Å². The van der Waals surface area contributed by atoms with E-state index in [1.54, 1.807) is 31.2 Å². The first-order chi connectivity index (χ1) is 12.4. The molecule has 0 spiro atoms. The summed E-state index contributed by atoms with van der Waals surface area (Å²) in [4.78, 5) is 16.6. The Kier molecular flexibility index (Phi) is 5.38. The number of aromatic nitrogens is 2. The summed E-state index contributed by atoms with van der Waals surface area (Å²) >= 11 is 0. The van der Waals surface area contributed by atoms with Gasteiger partial charge >= 0.3 is 0 Å². The van der Waals surface area contributed by atoms with Gasteiger partial charge in [0.15, 0.2) is 5.82 Å². The van der Waals surface area contributed by atoms with Crippen molar-refractivity contribution < 1.29 is 17.7 Å². The second-order valence-corrected chi connectivity index (χ2v) is 8.38. The van der Waals surface area contributed by atoms with Gasteiger partial charge in [-0.2, -0.15) is 9.29 Å². The Hall–Kier alpha value is -2.26. The van der Waals surface area contributed by atoms with Crippen molar-refractivity contribution in [1.29, 1.82) is 0 Å². The topological polar surface area (TPSA) is 105 Å². The van der Waals surface area contributed by atoms with Gasteiger partial charge in [-0.3, -0.25) is 4.79 Å². The van der Waals surface area contributed by atoms with Crippen molar-refractivity contribution in [2.75, 3.05) is 13.1 Å². The van der Waals surface area contributed by atoms with Crippen molar-refractivity contribution in [3.8, 4) is 0 Å². The molecule has 140 valence electrons. The highest BCUT2D eigenvalue weighted by Gasteiger charge is 2.32. The number of nitrogens with one attached hydrogen (secondary N) is 1. The molecule has 1 amide bonds. The fourth-order valence-electron chi connectivity index (χ4n) is 2.94. The molecule has 0 atom stereocenters. The summed E-state index contributed by atoms with van der Waals surface area (Å²) < 4.78 is 31.8. The minimum absolute atomic E-state index is 0.117. The molecule has 1 fully saturated rings. The number of aryl methyl sites for hydroxylation is 2. The van der Waals surface area contributed by atoms with Gasteiger partial charge in [-0.1, -0.05) is 22.9 Å². The fraction of sp³-hybridized carbons (Fsp3) is 0.471. The van der Waals surface area contributed by atoms with E-state index in [1.165, 1.54) is 4.31 Å². The van der Waals surface area contributed by atoms with Crippen LogP contribution in [0.1, 0.15) is 30.1 Å². The lowest BCUT2D eigenvalue weighted by Gasteiger charge is -2.30. The van der Waals surface area contributed by atoms with E-state index in [0.717, 1.165) is 5.56 Å². The van der Waals surface area contributed by atoms with Gasteiger partial charge in [0.25, 0.3) is 0 Å². The molecule has 0 saturated carbocycles. The van der Waals surface area contributed by atoms with Crippen LogP contribution < -0.4 is 5.32 Å². The third-order valence-electron chi connectivity index (χ3n) is 4.47. The lowest BCUT2D eigenvalue weighted by molar-refractivity contribution is -0.126. The van der Waals surface area contributed by atoms with Gasteiger partial charge in [0.2, 0.25) is 21.8 Å². The van der Waals surface area contributed by atoms with Crippen LogP contribution in [0.25, 0.3) is 0 Å². The number of sulfonamides is 1. The summed E-state index contributed by atoms with van der Waals surface area (Å²) in [5.74, 6) is 0.538. The molecule has 0 bridgehead atoms. The van der Waals surface area contributed by atoms with Crippen molar-refractivity contribution in [3.05, 3.63) is 41.5 Å². The van der Waals surface area contributed by atoms with E-state index < -0.39 is 10.0 Å². The molecule has 1 saturated heterocycles. The first-order valence-corrected chi connectivity index (χ1v) is 9.94. The summed E-state index contributed by atoms with van der Waals surface area (Å²) in [7, 11) is -3.51. The number of amides is 1. The van der Waals surface area contributed by atoms with E-state index >= 15 is 0 Å². The Morgan fingerprint density at radius 3 is 2.46 bits per heavy atom. The number of rotatable bonds is 5. The number of benzene rings is 1. The summed E-state index contributed by atoms with van der Waals surface area (Å²) in [6.45, 7) is 4.46. The third kappa shape index (κ3) is 4.10. The highest BCUT2D eigenvalue weighted by Crippen LogP contribution is 2.24. The van der Waals surface area contributed by atoms with E-state index in [9.17, 15) is 13.2 Å². The van der Waals surface area contributed by atoms with Gasteiger partial charge in [0.05, 0.1) is 11.4 Å². The minimum atomic E-state index is -3.51. The van der Waals surface area contributed by atoms with Gasteiger partial charge in [0, 0.05) is 19.0 Å². The third-order valence-corrected chi connectivity index (χ3v) is 6.38. The van der Waals surface area contributed by atoms with Crippen LogP contribution in [-0.2, 0) is 21.4 Å². The maximum absolute atomic E-state index is 12.7. The number of hydrogen-bond acceptors (Lipinski definition) is 6. The molecule has 0 aliphatic carbocycles. The summed E-state index contributed by atoms with van der Waals surface area (Å²) in [5, 5.41) is 6.44. The number of nitrogens with zero attached hydrogens (tertiary/aromatic N) is 3. The van der Waals surface area contributed by atoms with E-state index in [4.69, 9.17) is 4.52 Å². The summed E-state index contributed by atoms with van der Waals surface area (Å²) in [5.41, 5.74) is 1.01. The Morgan fingerprint density at radius 1 is 1.23 bits per heavy atom. The SMILES string of the molecule is Cc1ccc(S(=O)(=O)N2CCC(C(=O)NCc3nc(C)no3)CC2)cc1. The fourth-order valence-corrected chi connectivity index (χ4v) is 4.41. The quantitative estimate of drug-likeness (QED) is 0.843. The Balaban J connectivity index is 1.54. The van der Waals surface area contributed by atoms with Gasteiger partial charge < -0.3 is 9.84 Å². The zero-order valence-electron chi connectivity index (χ0n) is 14.8. The summed E-state index contributed by atoms with van der Waals surface area (Å²) in [6, 6.07) is 6.81. The zero-order chi connectivity index (χ0) is 18.7. The van der Waals surface area contributed by atoms with E-state index in [1.807, 2.05) is 6.92 Å². The average molecular weight is 378 g/mol. The zero-order valence-corrected chi connectivity index (χ0v) is 15.6. The highest BCUT2D eigenvalue weighted by molar-refractivity contribution is 7.89. The molecule has 1 aliphatic heterocycles. The molecule has 2 aromatic rings. The van der Waals surface area contributed by atoms with Crippen LogP contribution in [0.4, 0.5) is 0 Å². The molecule has 2 heterocycles. The predicted molar refractivity (Wildman–Crippen MR) is 93.5 cm³/mol. The molecule has 26 heavy (non-hydrogen) atoms. The Labute approximate surface area is 152 Å². The molecule has 9 heteroatoms. The highest BCUT2D eigenvalue weighted by atomic mass is 32.2. The van der Waals surface area contributed by atoms with E-state index in [-0.39, 0.29) is 23.3 Å². The van der Waals surface area contributed by atoms with Crippen LogP contribution in [0.15, 0.2) is 33.7 Å². The van der Waals surface area contributed by atoms with E-state index in [2.05, 4.69) is 15.5 Å². The van der Waals surface area contributed by atoms with Crippen molar-refractivity contribution in [1.82, 2.24) is 19.8 Å². The first kappa shape index (κ1) is 18.5. The molecule has 0 unspecified atom stereocenters. The lowest BCUT2D eigenvalue weighted by Crippen LogP contribution is -2.42. The predicted octanol–water partition coefficient (Wildman–Crippen LogP) is 1.40. The first-order valence-electron chi connectivity index (χ1n) is 8.50. The number of carbonyl (C=O) groups excluding carboxylic acids is 1. The Bertz CT molecular complexity index is 868. The summed E-state index contributed by atoms with van der Waals surface area (Å²) in [6.07, 6.45) is 0.972. The van der Waals surface area contributed by atoms with Crippen molar-refractivity contribution >= 4 is 15.9 Å². The molecule has 1 aromatic heterocycles. The maximum atomic E-state index is 12.7. The minimum Gasteiger partial charge on any atom is -0.347 e. The van der Waals surface area contributed by atoms with Crippen molar-refractivity contribution in [3.63, 3.8) is 0 Å². The molecular weight excluding hydrogens is 356 g/mol. The molecule has 1 N–H and O–H groups in total. The molecule has 3 rings (SSSR count). The normalized spacial score (nSPS) is 16.5. The molecule has 1 aromatic carbocycles.